The van der Waals surface area contributed by atoms with Crippen LogP contribution in [0.1, 0.15) is 31.4 Å². The van der Waals surface area contributed by atoms with Crippen molar-refractivity contribution in [1.82, 2.24) is 15.2 Å². The van der Waals surface area contributed by atoms with E-state index in [1.807, 2.05) is 7.05 Å². The standard InChI is InChI=1S/C13H22N4.HI/c1-14-13(16-11-6-3-4-7-11)15-10-12-8-5-9-17(12)2;/h5,8-9,11H,3-4,6-7,10H2,1-2H3,(H2,14,15,16);1H. The minimum atomic E-state index is 0. The van der Waals surface area contributed by atoms with E-state index in [2.05, 4.69) is 45.6 Å². The molecule has 18 heavy (non-hydrogen) atoms. The number of rotatable bonds is 3. The maximum absolute atomic E-state index is 4.27. The van der Waals surface area contributed by atoms with Gasteiger partial charge in [-0.25, -0.2) is 0 Å². The van der Waals surface area contributed by atoms with Gasteiger partial charge in [0.25, 0.3) is 0 Å². The van der Waals surface area contributed by atoms with Crippen LogP contribution in [0.3, 0.4) is 0 Å². The molecule has 0 unspecified atom stereocenters. The number of guanidine groups is 1. The topological polar surface area (TPSA) is 41.4 Å². The van der Waals surface area contributed by atoms with Crippen LogP contribution in [-0.4, -0.2) is 23.6 Å². The summed E-state index contributed by atoms with van der Waals surface area (Å²) >= 11 is 0. The second-order valence-electron chi connectivity index (χ2n) is 4.66. The maximum atomic E-state index is 4.27. The fraction of sp³-hybridized carbons (Fsp3) is 0.615. The van der Waals surface area contributed by atoms with Crippen molar-refractivity contribution in [2.24, 2.45) is 12.0 Å². The fourth-order valence-electron chi connectivity index (χ4n) is 2.31. The number of nitrogens with one attached hydrogen (secondary N) is 2. The average Bonchev–Trinajstić information content (AvgIpc) is 2.96. The van der Waals surface area contributed by atoms with Crippen molar-refractivity contribution >= 4 is 29.9 Å². The SMILES string of the molecule is CN=C(NCc1cccn1C)NC1CCCC1.I. The van der Waals surface area contributed by atoms with Crippen LogP contribution in [0.4, 0.5) is 0 Å². The van der Waals surface area contributed by atoms with E-state index in [1.165, 1.54) is 31.4 Å². The molecule has 0 atom stereocenters. The lowest BCUT2D eigenvalue weighted by atomic mass is 10.2. The van der Waals surface area contributed by atoms with Gasteiger partial charge >= 0.3 is 0 Å². The quantitative estimate of drug-likeness (QED) is 0.492. The molecule has 102 valence electrons. The van der Waals surface area contributed by atoms with Crippen molar-refractivity contribution in [3.8, 4) is 0 Å². The van der Waals surface area contributed by atoms with E-state index in [1.54, 1.807) is 0 Å². The molecule has 1 heterocycles. The Labute approximate surface area is 126 Å². The van der Waals surface area contributed by atoms with Gasteiger partial charge in [-0.3, -0.25) is 4.99 Å². The zero-order chi connectivity index (χ0) is 12.1. The molecule has 0 radical (unpaired) electrons. The van der Waals surface area contributed by atoms with Crippen LogP contribution in [0.2, 0.25) is 0 Å². The lowest BCUT2D eigenvalue weighted by Gasteiger charge is -2.17. The zero-order valence-electron chi connectivity index (χ0n) is 11.1. The van der Waals surface area contributed by atoms with Crippen molar-refractivity contribution in [3.63, 3.8) is 0 Å². The number of aromatic nitrogens is 1. The molecule has 4 nitrogen and oxygen atoms in total. The summed E-state index contributed by atoms with van der Waals surface area (Å²) in [5.74, 6) is 0.915. The Balaban J connectivity index is 0.00000162. The predicted octanol–water partition coefficient (Wildman–Crippen LogP) is 2.25. The Kier molecular flexibility index (Phi) is 6.52. The highest BCUT2D eigenvalue weighted by Gasteiger charge is 2.15. The van der Waals surface area contributed by atoms with Gasteiger partial charge in [0, 0.05) is 32.0 Å². The minimum Gasteiger partial charge on any atom is -0.354 e. The lowest BCUT2D eigenvalue weighted by molar-refractivity contribution is 0.611. The summed E-state index contributed by atoms with van der Waals surface area (Å²) < 4.78 is 2.12. The smallest absolute Gasteiger partial charge is 0.191 e. The third-order valence-corrected chi connectivity index (χ3v) is 3.41. The van der Waals surface area contributed by atoms with Crippen molar-refractivity contribution < 1.29 is 0 Å². The number of hydrogen-bond donors (Lipinski definition) is 2. The first kappa shape index (κ1) is 15.3. The number of nitrogens with zero attached hydrogens (tertiary/aromatic N) is 2. The van der Waals surface area contributed by atoms with Gasteiger partial charge in [-0.2, -0.15) is 0 Å². The van der Waals surface area contributed by atoms with Crippen LogP contribution < -0.4 is 10.6 Å². The van der Waals surface area contributed by atoms with E-state index < -0.39 is 0 Å². The van der Waals surface area contributed by atoms with Gasteiger partial charge in [-0.05, 0) is 25.0 Å². The highest BCUT2D eigenvalue weighted by Crippen LogP contribution is 2.17. The summed E-state index contributed by atoms with van der Waals surface area (Å²) in [6.07, 6.45) is 7.28. The zero-order valence-corrected chi connectivity index (χ0v) is 13.5. The second-order valence-corrected chi connectivity index (χ2v) is 4.66. The number of halogens is 1. The van der Waals surface area contributed by atoms with Gasteiger partial charge in [-0.15, -0.1) is 24.0 Å². The molecule has 0 saturated heterocycles. The molecule has 0 spiro atoms. The molecule has 5 heteroatoms. The van der Waals surface area contributed by atoms with Crippen LogP contribution >= 0.6 is 24.0 Å². The predicted molar refractivity (Wildman–Crippen MR) is 86.4 cm³/mol. The highest BCUT2D eigenvalue weighted by atomic mass is 127. The minimum absolute atomic E-state index is 0. The van der Waals surface area contributed by atoms with Crippen LogP contribution in [0.25, 0.3) is 0 Å². The number of hydrogen-bond acceptors (Lipinski definition) is 1. The Bertz CT molecular complexity index is 380. The van der Waals surface area contributed by atoms with Gasteiger partial charge in [0.05, 0.1) is 6.54 Å². The van der Waals surface area contributed by atoms with Gasteiger partial charge in [0.1, 0.15) is 0 Å². The van der Waals surface area contributed by atoms with Crippen molar-refractivity contribution in [2.45, 2.75) is 38.3 Å². The van der Waals surface area contributed by atoms with E-state index in [4.69, 9.17) is 0 Å². The number of aliphatic imine (C=N–C) groups is 1. The molecule has 1 aromatic rings. The van der Waals surface area contributed by atoms with Crippen LogP contribution in [0.5, 0.6) is 0 Å². The van der Waals surface area contributed by atoms with Crippen molar-refractivity contribution in [1.29, 1.82) is 0 Å². The molecule has 0 bridgehead atoms. The average molecular weight is 362 g/mol. The summed E-state index contributed by atoms with van der Waals surface area (Å²) in [6, 6.07) is 4.79. The Morgan fingerprint density at radius 2 is 2.17 bits per heavy atom. The van der Waals surface area contributed by atoms with Gasteiger partial charge < -0.3 is 15.2 Å². The molecule has 1 aromatic heterocycles. The maximum Gasteiger partial charge on any atom is 0.191 e. The molecule has 2 rings (SSSR count). The van der Waals surface area contributed by atoms with E-state index in [9.17, 15) is 0 Å². The molecule has 1 aliphatic rings. The molecule has 1 fully saturated rings. The lowest BCUT2D eigenvalue weighted by Crippen LogP contribution is -2.42. The summed E-state index contributed by atoms with van der Waals surface area (Å²) in [6.45, 7) is 0.815. The Morgan fingerprint density at radius 3 is 2.72 bits per heavy atom. The van der Waals surface area contributed by atoms with Crippen molar-refractivity contribution in [2.75, 3.05) is 7.05 Å². The van der Waals surface area contributed by atoms with Crippen LogP contribution in [-0.2, 0) is 13.6 Å². The first-order valence-corrected chi connectivity index (χ1v) is 6.37. The van der Waals surface area contributed by atoms with E-state index in [0.29, 0.717) is 6.04 Å². The van der Waals surface area contributed by atoms with E-state index in [0.717, 1.165) is 12.5 Å². The van der Waals surface area contributed by atoms with Crippen LogP contribution in [0.15, 0.2) is 23.3 Å². The van der Waals surface area contributed by atoms with Crippen LogP contribution in [0, 0.1) is 0 Å². The molecule has 1 saturated carbocycles. The van der Waals surface area contributed by atoms with Gasteiger partial charge in [0.2, 0.25) is 0 Å². The molecular weight excluding hydrogens is 339 g/mol. The monoisotopic (exact) mass is 362 g/mol. The summed E-state index contributed by atoms with van der Waals surface area (Å²) in [5.41, 5.74) is 1.26. The molecule has 0 amide bonds. The Morgan fingerprint density at radius 1 is 1.44 bits per heavy atom. The Hall–Kier alpha value is -0.720. The summed E-state index contributed by atoms with van der Waals surface area (Å²) in [4.78, 5) is 4.27. The van der Waals surface area contributed by atoms with E-state index in [-0.39, 0.29) is 24.0 Å². The largest absolute Gasteiger partial charge is 0.354 e. The normalized spacial score (nSPS) is 16.4. The molecule has 0 aromatic carbocycles. The third-order valence-electron chi connectivity index (χ3n) is 3.41. The van der Waals surface area contributed by atoms with Gasteiger partial charge in [-0.1, -0.05) is 12.8 Å². The third kappa shape index (κ3) is 4.19. The first-order chi connectivity index (χ1) is 8.29. The highest BCUT2D eigenvalue weighted by molar-refractivity contribution is 14.0. The molecule has 1 aliphatic carbocycles. The molecule has 0 aliphatic heterocycles. The second kappa shape index (κ2) is 7.66. The molecule has 2 N–H and O–H groups in total. The number of aryl methyl sites for hydroxylation is 1. The first-order valence-electron chi connectivity index (χ1n) is 6.37. The summed E-state index contributed by atoms with van der Waals surface area (Å²) in [5, 5.41) is 6.83. The van der Waals surface area contributed by atoms with E-state index >= 15 is 0 Å². The van der Waals surface area contributed by atoms with Gasteiger partial charge in [0.15, 0.2) is 5.96 Å². The summed E-state index contributed by atoms with van der Waals surface area (Å²) in [7, 11) is 3.89. The molecular formula is C13H23IN4. The fourth-order valence-corrected chi connectivity index (χ4v) is 2.31. The van der Waals surface area contributed by atoms with Crippen molar-refractivity contribution in [3.05, 3.63) is 24.0 Å².